The maximum Gasteiger partial charge on any atom is 0.338 e. The molecule has 10 nitrogen and oxygen atoms in total. The molecule has 0 aliphatic heterocycles. The molecule has 0 saturated carbocycles. The van der Waals surface area contributed by atoms with Crippen LogP contribution in [-0.2, 0) is 24.3 Å². The Bertz CT molecular complexity index is 1760. The summed E-state index contributed by atoms with van der Waals surface area (Å²) in [5.41, 5.74) is -0.350. The molecule has 0 unspecified atom stereocenters. The van der Waals surface area contributed by atoms with E-state index in [9.17, 15) is 9.90 Å². The highest BCUT2D eigenvalue weighted by molar-refractivity contribution is 7.13. The molecule has 0 atom stereocenters. The number of carbonyl (C=O) groups is 1. The maximum atomic E-state index is 15.4. The van der Waals surface area contributed by atoms with Crippen molar-refractivity contribution < 1.29 is 37.3 Å². The van der Waals surface area contributed by atoms with Gasteiger partial charge in [0.2, 0.25) is 5.88 Å². The molecule has 0 aliphatic rings. The highest BCUT2D eigenvalue weighted by Gasteiger charge is 2.22. The molecular weight excluding hydrogens is 575 g/mol. The highest BCUT2D eigenvalue weighted by Crippen LogP contribution is 2.29. The van der Waals surface area contributed by atoms with E-state index in [1.807, 2.05) is 6.92 Å². The maximum absolute atomic E-state index is 15.4. The fourth-order valence-corrected chi connectivity index (χ4v) is 4.96. The summed E-state index contributed by atoms with van der Waals surface area (Å²) in [5.74, 6) is -3.47. The third kappa shape index (κ3) is 6.04. The lowest BCUT2D eigenvalue weighted by molar-refractivity contribution is 0.0692. The molecule has 0 aliphatic carbocycles. The third-order valence-electron chi connectivity index (χ3n) is 6.22. The van der Waals surface area contributed by atoms with Crippen LogP contribution in [-0.4, -0.2) is 56.1 Å². The molecule has 2 aromatic carbocycles. The predicted molar refractivity (Wildman–Crippen MR) is 146 cm³/mol. The Morgan fingerprint density at radius 1 is 1.05 bits per heavy atom. The molecule has 0 radical (unpaired) electrons. The summed E-state index contributed by atoms with van der Waals surface area (Å²) in [6, 6.07) is 9.26. The quantitative estimate of drug-likeness (QED) is 0.204. The lowest BCUT2D eigenvalue weighted by Crippen LogP contribution is -2.11. The van der Waals surface area contributed by atoms with Gasteiger partial charge in [-0.1, -0.05) is 22.5 Å². The molecule has 5 rings (SSSR count). The summed E-state index contributed by atoms with van der Waals surface area (Å²) in [7, 11) is 1.45. The van der Waals surface area contributed by atoms with Crippen molar-refractivity contribution in [2.45, 2.75) is 26.5 Å². The Balaban J connectivity index is 1.41. The number of rotatable bonds is 12. The van der Waals surface area contributed by atoms with Gasteiger partial charge < -0.3 is 23.9 Å². The second kappa shape index (κ2) is 12.5. The smallest absolute Gasteiger partial charge is 0.338 e. The SMILES string of the molecule is CCOc1nnc(COc2cccc(-c3cc(F)c(Cc4nc5ccc(C(=O)O)c(F)c5n4CCOC)cc3F)n2)s1. The number of imidazole rings is 1. The zero-order chi connectivity index (χ0) is 29.8. The second-order valence-corrected chi connectivity index (χ2v) is 9.94. The average molecular weight is 600 g/mol. The fourth-order valence-electron chi connectivity index (χ4n) is 4.30. The van der Waals surface area contributed by atoms with E-state index in [1.54, 1.807) is 12.1 Å². The van der Waals surface area contributed by atoms with Gasteiger partial charge in [-0.2, -0.15) is 0 Å². The number of carboxylic acids is 1. The van der Waals surface area contributed by atoms with E-state index in [4.69, 9.17) is 14.2 Å². The standard InChI is InChI=1S/C28H24F3N5O5S/c1-3-40-28-35-34-24(42-28)14-41-23-6-4-5-20(33-23)17-13-18(29)15(11-19(17)30)12-22-32-21-8-7-16(27(37)38)25(31)26(21)36(22)9-10-39-2/h4-8,11,13H,3,9-10,12,14H2,1-2H3,(H,37,38). The van der Waals surface area contributed by atoms with Crippen LogP contribution >= 0.6 is 11.3 Å². The zero-order valence-corrected chi connectivity index (χ0v) is 23.3. The molecule has 0 amide bonds. The number of hydrogen-bond donors (Lipinski definition) is 1. The number of ether oxygens (including phenoxy) is 3. The van der Waals surface area contributed by atoms with Gasteiger partial charge in [-0.3, -0.25) is 0 Å². The van der Waals surface area contributed by atoms with E-state index in [2.05, 4.69) is 20.2 Å². The second-order valence-electron chi connectivity index (χ2n) is 8.92. The normalized spacial score (nSPS) is 11.3. The minimum Gasteiger partial charge on any atom is -0.478 e. The molecule has 14 heteroatoms. The van der Waals surface area contributed by atoms with Gasteiger partial charge >= 0.3 is 5.97 Å². The Kier molecular flexibility index (Phi) is 8.64. The number of aromatic carboxylic acids is 1. The van der Waals surface area contributed by atoms with Crippen LogP contribution in [0.3, 0.4) is 0 Å². The van der Waals surface area contributed by atoms with Gasteiger partial charge in [0.1, 0.15) is 29.6 Å². The number of nitrogens with zero attached hydrogens (tertiary/aromatic N) is 5. The van der Waals surface area contributed by atoms with Gasteiger partial charge in [-0.05, 0) is 42.8 Å². The van der Waals surface area contributed by atoms with Crippen LogP contribution in [0.1, 0.15) is 33.7 Å². The number of halogens is 3. The van der Waals surface area contributed by atoms with Crippen molar-refractivity contribution in [1.82, 2.24) is 24.7 Å². The minimum atomic E-state index is -1.43. The van der Waals surface area contributed by atoms with E-state index in [1.165, 1.54) is 35.1 Å². The van der Waals surface area contributed by atoms with E-state index in [-0.39, 0.29) is 65.7 Å². The van der Waals surface area contributed by atoms with E-state index >= 15 is 13.2 Å². The number of pyridine rings is 1. The largest absolute Gasteiger partial charge is 0.478 e. The molecule has 218 valence electrons. The molecule has 1 N–H and O–H groups in total. The average Bonchev–Trinajstić information content (AvgIpc) is 3.57. The Labute approximate surface area is 241 Å². The molecule has 3 heterocycles. The molecule has 0 spiro atoms. The molecule has 5 aromatic rings. The summed E-state index contributed by atoms with van der Waals surface area (Å²) in [5, 5.41) is 18.2. The highest BCUT2D eigenvalue weighted by atomic mass is 32.1. The van der Waals surface area contributed by atoms with Gasteiger partial charge in [-0.25, -0.2) is 27.9 Å². The predicted octanol–water partition coefficient (Wildman–Crippen LogP) is 5.28. The molecule has 3 aromatic heterocycles. The lowest BCUT2D eigenvalue weighted by atomic mass is 10.0. The Morgan fingerprint density at radius 2 is 1.88 bits per heavy atom. The summed E-state index contributed by atoms with van der Waals surface area (Å²) in [4.78, 5) is 20.1. The van der Waals surface area contributed by atoms with Crippen LogP contribution < -0.4 is 9.47 Å². The van der Waals surface area contributed by atoms with Crippen molar-refractivity contribution in [1.29, 1.82) is 0 Å². The monoisotopic (exact) mass is 599 g/mol. The van der Waals surface area contributed by atoms with Crippen LogP contribution in [0.5, 0.6) is 11.1 Å². The zero-order valence-electron chi connectivity index (χ0n) is 22.4. The van der Waals surface area contributed by atoms with Crippen molar-refractivity contribution in [3.8, 4) is 22.3 Å². The van der Waals surface area contributed by atoms with Gasteiger partial charge in [0.25, 0.3) is 5.19 Å². The van der Waals surface area contributed by atoms with Crippen LogP contribution in [0.2, 0.25) is 0 Å². The van der Waals surface area contributed by atoms with E-state index in [0.29, 0.717) is 16.8 Å². The first kappa shape index (κ1) is 29.0. The Morgan fingerprint density at radius 3 is 2.64 bits per heavy atom. The van der Waals surface area contributed by atoms with Crippen molar-refractivity contribution in [2.24, 2.45) is 0 Å². The van der Waals surface area contributed by atoms with Crippen LogP contribution in [0.15, 0.2) is 42.5 Å². The summed E-state index contributed by atoms with van der Waals surface area (Å²) < 4.78 is 63.3. The van der Waals surface area contributed by atoms with Crippen LogP contribution in [0, 0.1) is 17.5 Å². The van der Waals surface area contributed by atoms with Gasteiger partial charge in [0.05, 0.1) is 30.0 Å². The first-order chi connectivity index (χ1) is 20.3. The van der Waals surface area contributed by atoms with Gasteiger partial charge in [-0.15, -0.1) is 5.10 Å². The Hall–Kier alpha value is -4.56. The first-order valence-corrected chi connectivity index (χ1v) is 13.5. The summed E-state index contributed by atoms with van der Waals surface area (Å²) in [6.07, 6.45) is -0.189. The lowest BCUT2D eigenvalue weighted by Gasteiger charge is -2.12. The number of methoxy groups -OCH3 is 1. The van der Waals surface area contributed by atoms with Crippen molar-refractivity contribution in [2.75, 3.05) is 20.3 Å². The molecule has 42 heavy (non-hydrogen) atoms. The number of carboxylic acid groups (broad SMARTS) is 1. The number of aromatic nitrogens is 5. The van der Waals surface area contributed by atoms with Crippen molar-refractivity contribution >= 4 is 28.3 Å². The topological polar surface area (TPSA) is 121 Å². The summed E-state index contributed by atoms with van der Waals surface area (Å²) in [6.45, 7) is 2.63. The van der Waals surface area contributed by atoms with E-state index in [0.717, 1.165) is 18.2 Å². The first-order valence-electron chi connectivity index (χ1n) is 12.7. The number of benzene rings is 2. The summed E-state index contributed by atoms with van der Waals surface area (Å²) >= 11 is 1.23. The molecule has 0 bridgehead atoms. The third-order valence-corrected chi connectivity index (χ3v) is 7.03. The van der Waals surface area contributed by atoms with E-state index < -0.39 is 29.0 Å². The van der Waals surface area contributed by atoms with Gasteiger partial charge in [0.15, 0.2) is 10.8 Å². The molecule has 0 fully saturated rings. The number of fused-ring (bicyclic) bond motifs is 1. The molecule has 0 saturated heterocycles. The van der Waals surface area contributed by atoms with Crippen molar-refractivity contribution in [3.05, 3.63) is 81.9 Å². The van der Waals surface area contributed by atoms with Crippen LogP contribution in [0.25, 0.3) is 22.3 Å². The minimum absolute atomic E-state index is 0.0298. The van der Waals surface area contributed by atoms with Gasteiger partial charge in [0, 0.05) is 31.7 Å². The fraction of sp³-hybridized carbons (Fsp3) is 0.250. The van der Waals surface area contributed by atoms with Crippen LogP contribution in [0.4, 0.5) is 13.2 Å². The molecular formula is C28H24F3N5O5S. The number of hydrogen-bond acceptors (Lipinski definition) is 9. The van der Waals surface area contributed by atoms with Crippen molar-refractivity contribution in [3.63, 3.8) is 0 Å².